The van der Waals surface area contributed by atoms with Gasteiger partial charge in [-0.1, -0.05) is 94.7 Å². The molecule has 2 aromatic carbocycles. The summed E-state index contributed by atoms with van der Waals surface area (Å²) in [5.41, 5.74) is 2.78. The molecular formula is C37H57N3O5. The van der Waals surface area contributed by atoms with Gasteiger partial charge in [0, 0.05) is 19.5 Å². The minimum absolute atomic E-state index is 0.112. The Bertz CT molecular complexity index is 1210. The lowest BCUT2D eigenvalue weighted by Crippen LogP contribution is -2.54. The number of phenols is 1. The molecule has 45 heavy (non-hydrogen) atoms. The van der Waals surface area contributed by atoms with E-state index >= 15 is 0 Å². The number of carbonyl (C=O) groups excluding carboxylic acids is 3. The van der Waals surface area contributed by atoms with Crippen molar-refractivity contribution < 1.29 is 24.2 Å². The maximum atomic E-state index is 14.7. The third kappa shape index (κ3) is 13.5. The predicted molar refractivity (Wildman–Crippen MR) is 181 cm³/mol. The molecule has 2 aromatic rings. The van der Waals surface area contributed by atoms with Crippen molar-refractivity contribution in [1.29, 1.82) is 0 Å². The van der Waals surface area contributed by atoms with Crippen molar-refractivity contribution in [2.45, 2.75) is 130 Å². The number of aryl methyl sites for hydroxylation is 2. The number of rotatable bonds is 18. The van der Waals surface area contributed by atoms with Crippen LogP contribution in [-0.2, 0) is 20.7 Å². The molecule has 0 saturated carbocycles. The molecule has 2 rings (SSSR count). The molecule has 2 atom stereocenters. The largest absolute Gasteiger partial charge is 0.508 e. The highest BCUT2D eigenvalue weighted by atomic mass is 16.6. The van der Waals surface area contributed by atoms with Gasteiger partial charge in [-0.3, -0.25) is 9.59 Å². The molecule has 8 nitrogen and oxygen atoms in total. The van der Waals surface area contributed by atoms with E-state index in [0.717, 1.165) is 73.6 Å². The molecule has 0 saturated heterocycles. The molecule has 3 N–H and O–H groups in total. The summed E-state index contributed by atoms with van der Waals surface area (Å²) in [7, 11) is 0. The first-order chi connectivity index (χ1) is 21.4. The van der Waals surface area contributed by atoms with E-state index in [2.05, 4.69) is 24.5 Å². The number of hydrogen-bond donors (Lipinski definition) is 3. The summed E-state index contributed by atoms with van der Waals surface area (Å²) in [4.78, 5) is 43.4. The van der Waals surface area contributed by atoms with Crippen LogP contribution in [-0.4, -0.2) is 52.6 Å². The number of ether oxygens (including phenoxy) is 1. The van der Waals surface area contributed by atoms with Crippen LogP contribution in [0.3, 0.4) is 0 Å². The quantitative estimate of drug-likeness (QED) is 0.148. The Balaban J connectivity index is 2.55. The molecule has 0 fully saturated rings. The normalized spacial score (nSPS) is 12.7. The topological polar surface area (TPSA) is 108 Å². The fourth-order valence-corrected chi connectivity index (χ4v) is 5.41. The van der Waals surface area contributed by atoms with Crippen LogP contribution in [0.1, 0.15) is 121 Å². The Kier molecular flexibility index (Phi) is 16.0. The lowest BCUT2D eigenvalue weighted by Gasteiger charge is -2.35. The first kappa shape index (κ1) is 37.6. The molecule has 0 aliphatic heterocycles. The zero-order chi connectivity index (χ0) is 33.4. The second-order valence-corrected chi connectivity index (χ2v) is 13.1. The number of alkyl carbamates (subject to hydrolysis) is 1. The number of nitrogens with zero attached hydrogens (tertiary/aromatic N) is 1. The molecule has 0 spiro atoms. The Morgan fingerprint density at radius 1 is 0.867 bits per heavy atom. The average Bonchev–Trinajstić information content (AvgIpc) is 2.96. The molecule has 3 amide bonds. The number of unbranched alkanes of at least 4 members (excludes halogenated alkanes) is 7. The SMILES string of the molecule is CCCCCCCCN(C(=O)C(Cc1ccc(O)cc1)NC(=O)OC(C)(C)C)C(C(=O)NCCCCC)c1ccc(C)cc1C. The van der Waals surface area contributed by atoms with Crippen molar-refractivity contribution in [2.75, 3.05) is 13.1 Å². The molecule has 0 aliphatic carbocycles. The van der Waals surface area contributed by atoms with Gasteiger partial charge in [-0.15, -0.1) is 0 Å². The van der Waals surface area contributed by atoms with E-state index in [1.54, 1.807) is 49.9 Å². The zero-order valence-electron chi connectivity index (χ0n) is 28.7. The number of benzene rings is 2. The van der Waals surface area contributed by atoms with Gasteiger partial charge >= 0.3 is 6.09 Å². The highest BCUT2D eigenvalue weighted by Crippen LogP contribution is 2.28. The Labute approximate surface area is 271 Å². The fourth-order valence-electron chi connectivity index (χ4n) is 5.41. The number of carbonyl (C=O) groups is 3. The van der Waals surface area contributed by atoms with Crippen LogP contribution in [0.2, 0.25) is 0 Å². The van der Waals surface area contributed by atoms with E-state index in [0.29, 0.717) is 13.1 Å². The van der Waals surface area contributed by atoms with E-state index in [1.807, 2.05) is 32.0 Å². The smallest absolute Gasteiger partial charge is 0.408 e. The standard InChI is InChI=1S/C37H57N3O5/c1-8-10-12-13-14-16-24-40(33(34(42)38-23-15-11-9-2)31-22-17-27(3)25-28(31)4)35(43)32(39-36(44)45-37(5,6)7)26-29-18-20-30(41)21-19-29/h17-22,25,32-33,41H,8-16,23-24,26H2,1-7H3,(H,38,42)(H,39,44). The van der Waals surface area contributed by atoms with Crippen LogP contribution in [0, 0.1) is 13.8 Å². The van der Waals surface area contributed by atoms with Gasteiger partial charge in [0.05, 0.1) is 0 Å². The molecule has 0 heterocycles. The maximum absolute atomic E-state index is 14.7. The van der Waals surface area contributed by atoms with E-state index in [9.17, 15) is 19.5 Å². The van der Waals surface area contributed by atoms with E-state index in [4.69, 9.17) is 4.74 Å². The van der Waals surface area contributed by atoms with Gasteiger partial charge < -0.3 is 25.4 Å². The predicted octanol–water partition coefficient (Wildman–Crippen LogP) is 7.68. The van der Waals surface area contributed by atoms with Crippen molar-refractivity contribution in [1.82, 2.24) is 15.5 Å². The van der Waals surface area contributed by atoms with Crippen LogP contribution in [0.25, 0.3) is 0 Å². The minimum Gasteiger partial charge on any atom is -0.508 e. The fraction of sp³-hybridized carbons (Fsp3) is 0.595. The van der Waals surface area contributed by atoms with Gasteiger partial charge in [-0.25, -0.2) is 4.79 Å². The van der Waals surface area contributed by atoms with Crippen LogP contribution in [0.4, 0.5) is 4.79 Å². The summed E-state index contributed by atoms with van der Waals surface area (Å²) in [6, 6.07) is 10.7. The molecule has 0 aromatic heterocycles. The summed E-state index contributed by atoms with van der Waals surface area (Å²) >= 11 is 0. The second-order valence-electron chi connectivity index (χ2n) is 13.1. The van der Waals surface area contributed by atoms with E-state index in [1.165, 1.54) is 6.42 Å². The number of hydrogen-bond acceptors (Lipinski definition) is 5. The van der Waals surface area contributed by atoms with E-state index in [-0.39, 0.29) is 24.0 Å². The summed E-state index contributed by atoms with van der Waals surface area (Å²) in [6.45, 7) is 14.5. The number of phenolic OH excluding ortho intramolecular Hbond substituents is 1. The van der Waals surface area contributed by atoms with Gasteiger partial charge in [0.25, 0.3) is 0 Å². The van der Waals surface area contributed by atoms with E-state index < -0.39 is 23.8 Å². The van der Waals surface area contributed by atoms with Crippen molar-refractivity contribution in [3.8, 4) is 5.75 Å². The number of aromatic hydroxyl groups is 1. The number of nitrogens with one attached hydrogen (secondary N) is 2. The van der Waals surface area contributed by atoms with Crippen LogP contribution < -0.4 is 10.6 Å². The van der Waals surface area contributed by atoms with Crippen molar-refractivity contribution >= 4 is 17.9 Å². The Morgan fingerprint density at radius 3 is 2.11 bits per heavy atom. The lowest BCUT2D eigenvalue weighted by atomic mass is 9.95. The van der Waals surface area contributed by atoms with Gasteiger partial charge in [0.2, 0.25) is 11.8 Å². The summed E-state index contributed by atoms with van der Waals surface area (Å²) < 4.78 is 5.55. The summed E-state index contributed by atoms with van der Waals surface area (Å²) in [6.07, 6.45) is 8.54. The monoisotopic (exact) mass is 623 g/mol. The minimum atomic E-state index is -0.995. The molecular weight excluding hydrogens is 566 g/mol. The zero-order valence-corrected chi connectivity index (χ0v) is 28.7. The Morgan fingerprint density at radius 2 is 1.49 bits per heavy atom. The summed E-state index contributed by atoms with van der Waals surface area (Å²) in [5, 5.41) is 15.8. The third-order valence-corrected chi connectivity index (χ3v) is 7.76. The molecule has 0 radical (unpaired) electrons. The lowest BCUT2D eigenvalue weighted by molar-refractivity contribution is -0.142. The summed E-state index contributed by atoms with van der Waals surface area (Å²) in [5.74, 6) is -0.463. The second kappa shape index (κ2) is 19.1. The van der Waals surface area contributed by atoms with Crippen LogP contribution in [0.5, 0.6) is 5.75 Å². The van der Waals surface area contributed by atoms with Crippen molar-refractivity contribution in [3.05, 3.63) is 64.7 Å². The highest BCUT2D eigenvalue weighted by molar-refractivity contribution is 5.92. The van der Waals surface area contributed by atoms with Crippen molar-refractivity contribution in [3.63, 3.8) is 0 Å². The first-order valence-corrected chi connectivity index (χ1v) is 16.8. The van der Waals surface area contributed by atoms with Crippen LogP contribution in [0.15, 0.2) is 42.5 Å². The Hall–Kier alpha value is -3.55. The third-order valence-electron chi connectivity index (χ3n) is 7.76. The highest BCUT2D eigenvalue weighted by Gasteiger charge is 2.36. The molecule has 0 bridgehead atoms. The van der Waals surface area contributed by atoms with Gasteiger partial charge in [-0.05, 0) is 76.3 Å². The average molecular weight is 624 g/mol. The molecule has 250 valence electrons. The van der Waals surface area contributed by atoms with Gasteiger partial charge in [0.15, 0.2) is 0 Å². The number of amides is 3. The van der Waals surface area contributed by atoms with Crippen LogP contribution >= 0.6 is 0 Å². The molecule has 2 unspecified atom stereocenters. The van der Waals surface area contributed by atoms with Crippen molar-refractivity contribution in [2.24, 2.45) is 0 Å². The molecule has 8 heteroatoms. The molecule has 0 aliphatic rings. The van der Waals surface area contributed by atoms with Gasteiger partial charge in [0.1, 0.15) is 23.4 Å². The van der Waals surface area contributed by atoms with Gasteiger partial charge in [-0.2, -0.15) is 0 Å². The maximum Gasteiger partial charge on any atom is 0.408 e. The first-order valence-electron chi connectivity index (χ1n) is 16.8.